The fourth-order valence-corrected chi connectivity index (χ4v) is 2.39. The molecule has 0 radical (unpaired) electrons. The number of nitrogens with two attached hydrogens (primary N) is 1. The Kier molecular flexibility index (Phi) is 4.83. The molecule has 22 heavy (non-hydrogen) atoms. The van der Waals surface area contributed by atoms with E-state index in [1.807, 2.05) is 39.8 Å². The number of hydrogen-bond acceptors (Lipinski definition) is 4. The van der Waals surface area contributed by atoms with E-state index in [1.54, 1.807) is 12.1 Å². The third-order valence-electron chi connectivity index (χ3n) is 4.30. The van der Waals surface area contributed by atoms with E-state index in [-0.39, 0.29) is 0 Å². The van der Waals surface area contributed by atoms with Crippen molar-refractivity contribution in [2.45, 2.75) is 38.9 Å². The van der Waals surface area contributed by atoms with E-state index in [1.165, 1.54) is 0 Å². The van der Waals surface area contributed by atoms with Crippen molar-refractivity contribution in [1.29, 1.82) is 0 Å². The molecule has 0 amide bonds. The zero-order valence-corrected chi connectivity index (χ0v) is 14.1. The van der Waals surface area contributed by atoms with Gasteiger partial charge in [0, 0.05) is 12.1 Å². The van der Waals surface area contributed by atoms with Gasteiger partial charge < -0.3 is 15.0 Å². The van der Waals surface area contributed by atoms with E-state index in [9.17, 15) is 4.79 Å². The average molecular weight is 322 g/mol. The molecule has 6 heteroatoms. The zero-order valence-electron chi connectivity index (χ0n) is 13.4. The number of benzene rings is 1. The van der Waals surface area contributed by atoms with Crippen LogP contribution in [0.4, 0.5) is 0 Å². The van der Waals surface area contributed by atoms with Gasteiger partial charge in [0.25, 0.3) is 0 Å². The lowest BCUT2D eigenvalue weighted by molar-refractivity contribution is 0.00578. The minimum absolute atomic E-state index is 0.309. The van der Waals surface area contributed by atoms with Gasteiger partial charge in [-0.3, -0.25) is 4.79 Å². The minimum Gasteiger partial charge on any atom is -0.400 e. The fourth-order valence-electron chi connectivity index (χ4n) is 2.16. The Morgan fingerprint density at radius 1 is 1.27 bits per heavy atom. The lowest BCUT2D eigenvalue weighted by Crippen LogP contribution is -2.41. The van der Waals surface area contributed by atoms with E-state index in [0.717, 1.165) is 17.3 Å². The van der Waals surface area contributed by atoms with Crippen LogP contribution in [0.5, 0.6) is 0 Å². The smallest absolute Gasteiger partial charge is 0.400 e. The summed E-state index contributed by atoms with van der Waals surface area (Å²) in [7, 11) is -0.487. The van der Waals surface area contributed by atoms with Gasteiger partial charge in [0.2, 0.25) is 0 Å². The molecular weight excluding hydrogens is 300 g/mol. The Bertz CT molecular complexity index is 597. The molecule has 0 unspecified atom stereocenters. The quantitative estimate of drug-likeness (QED) is 0.683. The molecule has 0 aromatic heterocycles. The summed E-state index contributed by atoms with van der Waals surface area (Å²) in [5.41, 5.74) is 7.17. The van der Waals surface area contributed by atoms with Gasteiger partial charge in [-0.05, 0) is 50.9 Å². The van der Waals surface area contributed by atoms with Crippen LogP contribution in [0.3, 0.4) is 0 Å². The SMILES string of the molecule is CC1(C)OB(C(=Cc2ccc(C=O)c(Cl)c2)CN)OC1(C)C. The number of carbonyl (C=O) groups excluding carboxylic acids is 1. The summed E-state index contributed by atoms with van der Waals surface area (Å²) in [6.07, 6.45) is 2.62. The topological polar surface area (TPSA) is 61.5 Å². The molecule has 1 heterocycles. The first-order valence-electron chi connectivity index (χ1n) is 7.21. The molecule has 0 aliphatic carbocycles. The predicted octanol–water partition coefficient (Wildman–Crippen LogP) is 3.13. The maximum Gasteiger partial charge on any atom is 0.491 e. The number of halogens is 1. The molecule has 1 aliphatic rings. The van der Waals surface area contributed by atoms with Gasteiger partial charge in [-0.2, -0.15) is 0 Å². The minimum atomic E-state index is -0.487. The molecule has 2 rings (SSSR count). The molecule has 1 saturated heterocycles. The van der Waals surface area contributed by atoms with Crippen molar-refractivity contribution in [2.24, 2.45) is 5.73 Å². The number of rotatable bonds is 4. The van der Waals surface area contributed by atoms with Crippen LogP contribution in [-0.2, 0) is 9.31 Å². The predicted molar refractivity (Wildman–Crippen MR) is 90.0 cm³/mol. The maximum atomic E-state index is 10.8. The van der Waals surface area contributed by atoms with Crippen molar-refractivity contribution in [2.75, 3.05) is 6.54 Å². The second kappa shape index (κ2) is 6.16. The summed E-state index contributed by atoms with van der Waals surface area (Å²) in [5, 5.41) is 0.411. The van der Waals surface area contributed by atoms with E-state index in [4.69, 9.17) is 26.6 Å². The van der Waals surface area contributed by atoms with Crippen molar-refractivity contribution in [3.8, 4) is 0 Å². The molecule has 2 N–H and O–H groups in total. The summed E-state index contributed by atoms with van der Waals surface area (Å²) in [6.45, 7) is 8.30. The van der Waals surface area contributed by atoms with Gasteiger partial charge in [-0.25, -0.2) is 0 Å². The van der Waals surface area contributed by atoms with Crippen molar-refractivity contribution in [1.82, 2.24) is 0 Å². The summed E-state index contributed by atoms with van der Waals surface area (Å²) in [4.78, 5) is 10.8. The summed E-state index contributed by atoms with van der Waals surface area (Å²) in [5.74, 6) is 0. The Morgan fingerprint density at radius 2 is 1.86 bits per heavy atom. The number of carbonyl (C=O) groups is 1. The highest BCUT2D eigenvalue weighted by Crippen LogP contribution is 2.38. The van der Waals surface area contributed by atoms with E-state index >= 15 is 0 Å². The molecule has 1 aromatic carbocycles. The normalized spacial score (nSPS) is 20.3. The molecule has 1 fully saturated rings. The van der Waals surface area contributed by atoms with Gasteiger partial charge in [0.1, 0.15) is 0 Å². The molecule has 0 atom stereocenters. The lowest BCUT2D eigenvalue weighted by Gasteiger charge is -2.32. The molecule has 1 aromatic rings. The Morgan fingerprint density at radius 3 is 2.32 bits per heavy atom. The van der Waals surface area contributed by atoms with Crippen LogP contribution in [-0.4, -0.2) is 31.2 Å². The van der Waals surface area contributed by atoms with Crippen LogP contribution >= 0.6 is 11.6 Å². The van der Waals surface area contributed by atoms with Crippen molar-refractivity contribution < 1.29 is 14.1 Å². The summed E-state index contributed by atoms with van der Waals surface area (Å²) in [6, 6.07) is 5.22. The highest BCUT2D eigenvalue weighted by atomic mass is 35.5. The summed E-state index contributed by atoms with van der Waals surface area (Å²) < 4.78 is 12.0. The van der Waals surface area contributed by atoms with Crippen LogP contribution in [0.2, 0.25) is 5.02 Å². The molecule has 0 saturated carbocycles. The van der Waals surface area contributed by atoms with Gasteiger partial charge in [-0.15, -0.1) is 0 Å². The van der Waals surface area contributed by atoms with Gasteiger partial charge in [0.05, 0.1) is 16.2 Å². The van der Waals surface area contributed by atoms with Gasteiger partial charge in [0.15, 0.2) is 6.29 Å². The Labute approximate surface area is 136 Å². The third kappa shape index (κ3) is 3.28. The molecule has 0 spiro atoms. The average Bonchev–Trinajstić information content (AvgIpc) is 2.65. The standard InChI is InChI=1S/C16H21BClNO3/c1-15(2)16(3,4)22-17(21-15)13(9-19)7-11-5-6-12(10-20)14(18)8-11/h5-8,10H,9,19H2,1-4H3. The molecular formula is C16H21BClNO3. The van der Waals surface area contributed by atoms with Crippen LogP contribution in [0.1, 0.15) is 43.6 Å². The van der Waals surface area contributed by atoms with Crippen LogP contribution in [0.25, 0.3) is 6.08 Å². The highest BCUT2D eigenvalue weighted by molar-refractivity contribution is 6.55. The largest absolute Gasteiger partial charge is 0.491 e. The lowest BCUT2D eigenvalue weighted by atomic mass is 9.77. The first-order valence-corrected chi connectivity index (χ1v) is 7.59. The van der Waals surface area contributed by atoms with E-state index in [2.05, 4.69) is 0 Å². The molecule has 1 aliphatic heterocycles. The van der Waals surface area contributed by atoms with E-state index in [0.29, 0.717) is 17.1 Å². The molecule has 0 bridgehead atoms. The third-order valence-corrected chi connectivity index (χ3v) is 4.62. The highest BCUT2D eigenvalue weighted by Gasteiger charge is 2.52. The first kappa shape index (κ1) is 17.2. The molecule has 118 valence electrons. The summed E-state index contributed by atoms with van der Waals surface area (Å²) >= 11 is 6.05. The van der Waals surface area contributed by atoms with Crippen molar-refractivity contribution >= 4 is 31.1 Å². The van der Waals surface area contributed by atoms with Crippen LogP contribution in [0.15, 0.2) is 23.7 Å². The van der Waals surface area contributed by atoms with Crippen molar-refractivity contribution in [3.05, 3.63) is 39.8 Å². The number of aldehydes is 1. The monoisotopic (exact) mass is 321 g/mol. The second-order valence-corrected chi connectivity index (χ2v) is 6.82. The Hall–Kier alpha value is -1.14. The van der Waals surface area contributed by atoms with Gasteiger partial charge in [-0.1, -0.05) is 23.7 Å². The molecule has 4 nitrogen and oxygen atoms in total. The van der Waals surface area contributed by atoms with E-state index < -0.39 is 18.3 Å². The van der Waals surface area contributed by atoms with Crippen LogP contribution < -0.4 is 5.73 Å². The van der Waals surface area contributed by atoms with Gasteiger partial charge >= 0.3 is 7.12 Å². The Balaban J connectivity index is 2.29. The second-order valence-electron chi connectivity index (χ2n) is 6.41. The fraction of sp³-hybridized carbons (Fsp3) is 0.438. The zero-order chi connectivity index (χ0) is 16.5. The maximum absolute atomic E-state index is 10.8. The van der Waals surface area contributed by atoms with Crippen LogP contribution in [0, 0.1) is 0 Å². The van der Waals surface area contributed by atoms with Crippen molar-refractivity contribution in [3.63, 3.8) is 0 Å². The first-order chi connectivity index (χ1) is 10.2. The number of hydrogen-bond donors (Lipinski definition) is 1.